The standard InChI is InChI=1S/C16H23NO3/c1-3-14-13(8-6-10-20-14)16(18)17-11-12-7-4-5-9-15(12)19-2/h4-5,7,9,13-14H,3,6,8,10-11H2,1-2H3,(H,17,18). The highest BCUT2D eigenvalue weighted by atomic mass is 16.5. The maximum absolute atomic E-state index is 12.3. The van der Waals surface area contributed by atoms with E-state index >= 15 is 0 Å². The zero-order chi connectivity index (χ0) is 14.4. The van der Waals surface area contributed by atoms with Gasteiger partial charge in [0.25, 0.3) is 0 Å². The van der Waals surface area contributed by atoms with Gasteiger partial charge in [0.1, 0.15) is 5.75 Å². The molecule has 0 saturated carbocycles. The van der Waals surface area contributed by atoms with Crippen LogP contribution in [0.25, 0.3) is 0 Å². The summed E-state index contributed by atoms with van der Waals surface area (Å²) >= 11 is 0. The van der Waals surface area contributed by atoms with Crippen LogP contribution < -0.4 is 10.1 Å². The van der Waals surface area contributed by atoms with Gasteiger partial charge in [0, 0.05) is 18.7 Å². The van der Waals surface area contributed by atoms with Crippen LogP contribution in [0.15, 0.2) is 24.3 Å². The van der Waals surface area contributed by atoms with Crippen molar-refractivity contribution < 1.29 is 14.3 Å². The monoisotopic (exact) mass is 277 g/mol. The first-order valence-electron chi connectivity index (χ1n) is 7.27. The van der Waals surface area contributed by atoms with Gasteiger partial charge >= 0.3 is 0 Å². The maximum atomic E-state index is 12.3. The summed E-state index contributed by atoms with van der Waals surface area (Å²) < 4.78 is 11.0. The van der Waals surface area contributed by atoms with Crippen molar-refractivity contribution in [1.82, 2.24) is 5.32 Å². The summed E-state index contributed by atoms with van der Waals surface area (Å²) in [6.07, 6.45) is 2.81. The minimum absolute atomic E-state index is 0.0246. The van der Waals surface area contributed by atoms with Crippen LogP contribution in [-0.4, -0.2) is 25.7 Å². The quantitative estimate of drug-likeness (QED) is 0.899. The van der Waals surface area contributed by atoms with E-state index in [1.807, 2.05) is 24.3 Å². The first kappa shape index (κ1) is 14.9. The Kier molecular flexibility index (Phi) is 5.41. The van der Waals surface area contributed by atoms with Gasteiger partial charge in [0.05, 0.1) is 19.1 Å². The molecule has 1 heterocycles. The predicted octanol–water partition coefficient (Wildman–Crippen LogP) is 2.52. The fourth-order valence-electron chi connectivity index (χ4n) is 2.70. The average Bonchev–Trinajstić information content (AvgIpc) is 2.52. The number of benzene rings is 1. The molecule has 1 N–H and O–H groups in total. The number of ether oxygens (including phenoxy) is 2. The number of nitrogens with one attached hydrogen (secondary N) is 1. The zero-order valence-electron chi connectivity index (χ0n) is 12.2. The van der Waals surface area contributed by atoms with Crippen molar-refractivity contribution in [1.29, 1.82) is 0 Å². The van der Waals surface area contributed by atoms with Crippen LogP contribution in [0, 0.1) is 5.92 Å². The Morgan fingerprint density at radius 1 is 1.45 bits per heavy atom. The number of para-hydroxylation sites is 1. The molecule has 0 spiro atoms. The van der Waals surface area contributed by atoms with Gasteiger partial charge in [-0.15, -0.1) is 0 Å². The van der Waals surface area contributed by atoms with Crippen molar-refractivity contribution in [2.45, 2.75) is 38.8 Å². The molecule has 1 aromatic rings. The first-order chi connectivity index (χ1) is 9.76. The minimum atomic E-state index is -0.0246. The number of hydrogen-bond donors (Lipinski definition) is 1. The van der Waals surface area contributed by atoms with Gasteiger partial charge in [0.15, 0.2) is 0 Å². The van der Waals surface area contributed by atoms with Crippen LogP contribution in [0.2, 0.25) is 0 Å². The van der Waals surface area contributed by atoms with Crippen LogP contribution in [-0.2, 0) is 16.1 Å². The van der Waals surface area contributed by atoms with Crippen LogP contribution in [0.5, 0.6) is 5.75 Å². The number of hydrogen-bond acceptors (Lipinski definition) is 3. The minimum Gasteiger partial charge on any atom is -0.496 e. The highest BCUT2D eigenvalue weighted by molar-refractivity contribution is 5.79. The lowest BCUT2D eigenvalue weighted by atomic mass is 9.92. The highest BCUT2D eigenvalue weighted by Crippen LogP contribution is 2.24. The predicted molar refractivity (Wildman–Crippen MR) is 77.6 cm³/mol. The largest absolute Gasteiger partial charge is 0.496 e. The van der Waals surface area contributed by atoms with Gasteiger partial charge in [-0.1, -0.05) is 25.1 Å². The van der Waals surface area contributed by atoms with Gasteiger partial charge in [-0.2, -0.15) is 0 Å². The van der Waals surface area contributed by atoms with Gasteiger partial charge in [-0.25, -0.2) is 0 Å². The third-order valence-corrected chi connectivity index (χ3v) is 3.82. The van der Waals surface area contributed by atoms with E-state index in [1.165, 1.54) is 0 Å². The van der Waals surface area contributed by atoms with Crippen molar-refractivity contribution in [3.05, 3.63) is 29.8 Å². The number of rotatable bonds is 5. The summed E-state index contributed by atoms with van der Waals surface area (Å²) in [5, 5.41) is 3.01. The molecular formula is C16H23NO3. The lowest BCUT2D eigenvalue weighted by Crippen LogP contribution is -2.41. The fraction of sp³-hybridized carbons (Fsp3) is 0.562. The van der Waals surface area contributed by atoms with Crippen molar-refractivity contribution in [3.8, 4) is 5.75 Å². The molecule has 0 radical (unpaired) electrons. The lowest BCUT2D eigenvalue weighted by molar-refractivity contribution is -0.134. The molecule has 4 nitrogen and oxygen atoms in total. The normalized spacial score (nSPS) is 22.3. The van der Waals surface area contributed by atoms with E-state index in [4.69, 9.17) is 9.47 Å². The van der Waals surface area contributed by atoms with Crippen molar-refractivity contribution in [2.75, 3.05) is 13.7 Å². The Morgan fingerprint density at radius 2 is 2.25 bits per heavy atom. The fourth-order valence-corrected chi connectivity index (χ4v) is 2.70. The Balaban J connectivity index is 1.94. The summed E-state index contributed by atoms with van der Waals surface area (Å²) in [5.74, 6) is 0.866. The Labute approximate surface area is 120 Å². The molecule has 2 unspecified atom stereocenters. The van der Waals surface area contributed by atoms with Gasteiger partial charge in [-0.3, -0.25) is 4.79 Å². The van der Waals surface area contributed by atoms with Crippen LogP contribution in [0.4, 0.5) is 0 Å². The summed E-state index contributed by atoms with van der Waals surface area (Å²) in [6, 6.07) is 7.74. The molecule has 0 bridgehead atoms. The van der Waals surface area contributed by atoms with Crippen molar-refractivity contribution in [3.63, 3.8) is 0 Å². The smallest absolute Gasteiger partial charge is 0.226 e. The van der Waals surface area contributed by atoms with E-state index in [2.05, 4.69) is 12.2 Å². The zero-order valence-corrected chi connectivity index (χ0v) is 12.2. The molecule has 0 aliphatic carbocycles. The Morgan fingerprint density at radius 3 is 3.00 bits per heavy atom. The molecular weight excluding hydrogens is 254 g/mol. The van der Waals surface area contributed by atoms with Gasteiger partial charge in [0.2, 0.25) is 5.91 Å². The molecule has 1 amide bonds. The molecule has 2 atom stereocenters. The second-order valence-electron chi connectivity index (χ2n) is 5.10. The molecule has 20 heavy (non-hydrogen) atoms. The molecule has 1 aliphatic heterocycles. The second-order valence-corrected chi connectivity index (χ2v) is 5.10. The maximum Gasteiger partial charge on any atom is 0.226 e. The molecule has 0 aromatic heterocycles. The van der Waals surface area contributed by atoms with Gasteiger partial charge < -0.3 is 14.8 Å². The molecule has 110 valence electrons. The number of methoxy groups -OCH3 is 1. The second kappa shape index (κ2) is 7.29. The van der Waals surface area contributed by atoms with Crippen molar-refractivity contribution in [2.24, 2.45) is 5.92 Å². The topological polar surface area (TPSA) is 47.6 Å². The van der Waals surface area contributed by atoms with E-state index in [0.717, 1.165) is 37.2 Å². The molecule has 1 aliphatic rings. The highest BCUT2D eigenvalue weighted by Gasteiger charge is 2.30. The van der Waals surface area contributed by atoms with E-state index < -0.39 is 0 Å². The van der Waals surface area contributed by atoms with E-state index in [9.17, 15) is 4.79 Å². The molecule has 4 heteroatoms. The van der Waals surface area contributed by atoms with E-state index in [-0.39, 0.29) is 17.9 Å². The average molecular weight is 277 g/mol. The number of carbonyl (C=O) groups excluding carboxylic acids is 1. The Hall–Kier alpha value is -1.55. The van der Waals surface area contributed by atoms with E-state index in [0.29, 0.717) is 6.54 Å². The van der Waals surface area contributed by atoms with Crippen LogP contribution in [0.1, 0.15) is 31.7 Å². The summed E-state index contributed by atoms with van der Waals surface area (Å²) in [4.78, 5) is 12.3. The summed E-state index contributed by atoms with van der Waals surface area (Å²) in [6.45, 7) is 3.33. The van der Waals surface area contributed by atoms with Gasteiger partial charge in [-0.05, 0) is 25.3 Å². The number of amides is 1. The van der Waals surface area contributed by atoms with E-state index in [1.54, 1.807) is 7.11 Å². The third-order valence-electron chi connectivity index (χ3n) is 3.82. The molecule has 2 rings (SSSR count). The molecule has 1 saturated heterocycles. The summed E-state index contributed by atoms with van der Waals surface area (Å²) in [5.41, 5.74) is 0.994. The SMILES string of the molecule is CCC1OCCCC1C(=O)NCc1ccccc1OC. The molecule has 1 aromatic carbocycles. The lowest BCUT2D eigenvalue weighted by Gasteiger charge is -2.30. The van der Waals surface area contributed by atoms with Crippen LogP contribution in [0.3, 0.4) is 0 Å². The summed E-state index contributed by atoms with van der Waals surface area (Å²) in [7, 11) is 1.64. The first-order valence-corrected chi connectivity index (χ1v) is 7.27. The third kappa shape index (κ3) is 3.51. The Bertz CT molecular complexity index is 447. The molecule has 1 fully saturated rings. The number of carbonyl (C=O) groups is 1. The van der Waals surface area contributed by atoms with Crippen molar-refractivity contribution >= 4 is 5.91 Å². The van der Waals surface area contributed by atoms with Crippen LogP contribution >= 0.6 is 0 Å².